The van der Waals surface area contributed by atoms with Crippen LogP contribution >= 0.6 is 0 Å². The molecule has 14 heavy (non-hydrogen) atoms. The molecule has 0 unspecified atom stereocenters. The predicted molar refractivity (Wildman–Crippen MR) is 61.2 cm³/mol. The lowest BCUT2D eigenvalue weighted by Gasteiger charge is -1.96. The molecule has 0 saturated carbocycles. The summed E-state index contributed by atoms with van der Waals surface area (Å²) in [4.78, 5) is 4.28. The first kappa shape index (κ1) is 8.81. The molecule has 2 N–H and O–H groups in total. The van der Waals surface area contributed by atoms with E-state index in [1.807, 2.05) is 42.8 Å². The van der Waals surface area contributed by atoms with Crippen LogP contribution in [0.15, 0.2) is 29.3 Å². The number of fused-ring (bicyclic) bond motifs is 1. The van der Waals surface area contributed by atoms with Gasteiger partial charge in [0.05, 0.1) is 5.52 Å². The van der Waals surface area contributed by atoms with E-state index in [4.69, 9.17) is 5.73 Å². The minimum absolute atomic E-state index is 0.712. The molecule has 1 aromatic heterocycles. The molecule has 0 amide bonds. The van der Waals surface area contributed by atoms with Gasteiger partial charge in [0.15, 0.2) is 0 Å². The molecular weight excluding hydrogens is 174 g/mol. The van der Waals surface area contributed by atoms with Crippen LogP contribution in [0.3, 0.4) is 0 Å². The quantitative estimate of drug-likeness (QED) is 0.685. The van der Waals surface area contributed by atoms with Crippen molar-refractivity contribution >= 4 is 28.6 Å². The smallest absolute Gasteiger partial charge is 0.130 e. The number of rotatable bonds is 1. The molecule has 0 aliphatic rings. The molecule has 0 spiro atoms. The van der Waals surface area contributed by atoms with E-state index in [0.717, 1.165) is 16.6 Å². The fourth-order valence-corrected chi connectivity index (χ4v) is 1.66. The number of aliphatic imine (C=N–C) groups is 1. The summed E-state index contributed by atoms with van der Waals surface area (Å²) in [6, 6.07) is 8.08. The highest BCUT2D eigenvalue weighted by Gasteiger charge is 2.09. The van der Waals surface area contributed by atoms with Crippen molar-refractivity contribution in [3.63, 3.8) is 0 Å². The first-order valence-corrected chi connectivity index (χ1v) is 4.57. The van der Waals surface area contributed by atoms with Crippen LogP contribution in [0.4, 0.5) is 11.5 Å². The van der Waals surface area contributed by atoms with E-state index in [1.165, 1.54) is 0 Å². The summed E-state index contributed by atoms with van der Waals surface area (Å²) in [5.41, 5.74) is 7.93. The number of hydrogen-bond acceptors (Lipinski definition) is 2. The van der Waals surface area contributed by atoms with Crippen molar-refractivity contribution in [3.8, 4) is 0 Å². The van der Waals surface area contributed by atoms with Crippen molar-refractivity contribution in [2.45, 2.75) is 6.92 Å². The van der Waals surface area contributed by atoms with Crippen molar-refractivity contribution in [2.24, 2.45) is 12.0 Å². The van der Waals surface area contributed by atoms with Gasteiger partial charge in [0, 0.05) is 18.6 Å². The molecule has 0 radical (unpaired) electrons. The highest BCUT2D eigenvalue weighted by molar-refractivity contribution is 5.99. The van der Waals surface area contributed by atoms with E-state index in [-0.39, 0.29) is 0 Å². The molecule has 0 saturated heterocycles. The number of aryl methyl sites for hydroxylation is 1. The van der Waals surface area contributed by atoms with Gasteiger partial charge in [-0.05, 0) is 13.0 Å². The molecular formula is C11H13N3. The zero-order valence-electron chi connectivity index (χ0n) is 8.36. The highest BCUT2D eigenvalue weighted by atomic mass is 15.0. The third-order valence-electron chi connectivity index (χ3n) is 2.38. The average Bonchev–Trinajstić information content (AvgIpc) is 2.45. The maximum Gasteiger partial charge on any atom is 0.130 e. The summed E-state index contributed by atoms with van der Waals surface area (Å²) in [6.45, 7) is 1.89. The predicted octanol–water partition coefficient (Wildman–Crippen LogP) is 2.48. The average molecular weight is 187 g/mol. The Hall–Kier alpha value is -1.77. The third kappa shape index (κ3) is 1.09. The molecule has 3 nitrogen and oxygen atoms in total. The topological polar surface area (TPSA) is 43.3 Å². The van der Waals surface area contributed by atoms with Crippen LogP contribution in [0.1, 0.15) is 6.92 Å². The number of aromatic nitrogens is 1. The number of hydrogen-bond donors (Lipinski definition) is 1. The third-order valence-corrected chi connectivity index (χ3v) is 2.38. The zero-order valence-corrected chi connectivity index (χ0v) is 8.36. The molecule has 72 valence electrons. The Bertz CT molecular complexity index is 494. The van der Waals surface area contributed by atoms with Crippen LogP contribution in [0, 0.1) is 0 Å². The van der Waals surface area contributed by atoms with Gasteiger partial charge < -0.3 is 10.3 Å². The van der Waals surface area contributed by atoms with Crippen molar-refractivity contribution in [3.05, 3.63) is 24.3 Å². The van der Waals surface area contributed by atoms with Crippen LogP contribution in [0.25, 0.3) is 10.9 Å². The SMILES string of the molecule is CC=Nc1c(N)n(C)c2ccccc12. The zero-order chi connectivity index (χ0) is 10.1. The number of para-hydroxylation sites is 1. The molecule has 1 aromatic carbocycles. The van der Waals surface area contributed by atoms with Crippen LogP contribution < -0.4 is 5.73 Å². The number of anilines is 1. The standard InChI is InChI=1S/C11H13N3/c1-3-13-10-8-6-4-5-7-9(8)14(2)11(10)12/h3-7H,12H2,1-2H3. The fourth-order valence-electron chi connectivity index (χ4n) is 1.66. The molecule has 1 heterocycles. The lowest BCUT2D eigenvalue weighted by Crippen LogP contribution is -1.94. The van der Waals surface area contributed by atoms with Gasteiger partial charge in [0.2, 0.25) is 0 Å². The van der Waals surface area contributed by atoms with Crippen LogP contribution in [-0.4, -0.2) is 10.8 Å². The Kier molecular flexibility index (Phi) is 2.00. The Morgan fingerprint density at radius 2 is 2.07 bits per heavy atom. The summed E-state index contributed by atoms with van der Waals surface area (Å²) in [5, 5.41) is 1.10. The van der Waals surface area contributed by atoms with E-state index in [9.17, 15) is 0 Å². The lowest BCUT2D eigenvalue weighted by atomic mass is 10.2. The molecule has 0 aliphatic heterocycles. The Balaban J connectivity index is 2.87. The van der Waals surface area contributed by atoms with Crippen LogP contribution in [0.2, 0.25) is 0 Å². The summed E-state index contributed by atoms with van der Waals surface area (Å²) >= 11 is 0. The number of nitrogens with zero attached hydrogens (tertiary/aromatic N) is 2. The van der Waals surface area contributed by atoms with Crippen molar-refractivity contribution in [1.82, 2.24) is 4.57 Å². The molecule has 0 fully saturated rings. The van der Waals surface area contributed by atoms with Gasteiger partial charge in [-0.2, -0.15) is 0 Å². The molecule has 0 atom stereocenters. The number of nitrogen functional groups attached to an aromatic ring is 1. The monoisotopic (exact) mass is 187 g/mol. The Morgan fingerprint density at radius 1 is 1.36 bits per heavy atom. The normalized spacial score (nSPS) is 11.6. The van der Waals surface area contributed by atoms with Gasteiger partial charge >= 0.3 is 0 Å². The minimum Gasteiger partial charge on any atom is -0.383 e. The van der Waals surface area contributed by atoms with Crippen molar-refractivity contribution < 1.29 is 0 Å². The first-order chi connectivity index (χ1) is 6.75. The molecule has 0 bridgehead atoms. The van der Waals surface area contributed by atoms with E-state index < -0.39 is 0 Å². The molecule has 2 aromatic rings. The first-order valence-electron chi connectivity index (χ1n) is 4.57. The van der Waals surface area contributed by atoms with Crippen molar-refractivity contribution in [1.29, 1.82) is 0 Å². The summed E-state index contributed by atoms with van der Waals surface area (Å²) < 4.78 is 1.96. The summed E-state index contributed by atoms with van der Waals surface area (Å²) in [5.74, 6) is 0.712. The number of benzene rings is 1. The molecule has 3 heteroatoms. The second-order valence-corrected chi connectivity index (χ2v) is 3.20. The van der Waals surface area contributed by atoms with Crippen LogP contribution in [0.5, 0.6) is 0 Å². The fraction of sp³-hybridized carbons (Fsp3) is 0.182. The van der Waals surface area contributed by atoms with Crippen LogP contribution in [-0.2, 0) is 7.05 Å². The molecule has 0 aliphatic carbocycles. The van der Waals surface area contributed by atoms with Gasteiger partial charge in [-0.15, -0.1) is 0 Å². The lowest BCUT2D eigenvalue weighted by molar-refractivity contribution is 0.983. The summed E-state index contributed by atoms with van der Waals surface area (Å²) in [7, 11) is 1.95. The Morgan fingerprint density at radius 3 is 2.79 bits per heavy atom. The highest BCUT2D eigenvalue weighted by Crippen LogP contribution is 2.34. The Labute approximate surface area is 82.9 Å². The van der Waals surface area contributed by atoms with E-state index >= 15 is 0 Å². The van der Waals surface area contributed by atoms with Gasteiger partial charge in [-0.25, -0.2) is 0 Å². The maximum absolute atomic E-state index is 5.95. The second-order valence-electron chi connectivity index (χ2n) is 3.20. The maximum atomic E-state index is 5.95. The number of nitrogens with two attached hydrogens (primary N) is 1. The van der Waals surface area contributed by atoms with Crippen molar-refractivity contribution in [2.75, 3.05) is 5.73 Å². The minimum atomic E-state index is 0.712. The van der Waals surface area contributed by atoms with Gasteiger partial charge in [0.25, 0.3) is 0 Å². The van der Waals surface area contributed by atoms with Gasteiger partial charge in [-0.1, -0.05) is 18.2 Å². The largest absolute Gasteiger partial charge is 0.383 e. The van der Waals surface area contributed by atoms with Gasteiger partial charge in [0.1, 0.15) is 11.5 Å². The van der Waals surface area contributed by atoms with E-state index in [2.05, 4.69) is 4.99 Å². The van der Waals surface area contributed by atoms with E-state index in [0.29, 0.717) is 5.82 Å². The molecule has 2 rings (SSSR count). The second kappa shape index (κ2) is 3.18. The van der Waals surface area contributed by atoms with Gasteiger partial charge in [-0.3, -0.25) is 4.99 Å². The summed E-state index contributed by atoms with van der Waals surface area (Å²) in [6.07, 6.45) is 1.76. The van der Waals surface area contributed by atoms with E-state index in [1.54, 1.807) is 6.21 Å².